The third-order valence-corrected chi connectivity index (χ3v) is 11.7. The summed E-state index contributed by atoms with van der Waals surface area (Å²) in [4.78, 5) is 26.2. The number of carbonyl (C=O) groups is 2. The van der Waals surface area contributed by atoms with E-state index in [2.05, 4.69) is 111 Å². The largest absolute Gasteiger partial charge is 0.462 e. The first-order chi connectivity index (χ1) is 31.5. The van der Waals surface area contributed by atoms with Gasteiger partial charge in [0.15, 0.2) is 0 Å². The number of ether oxygens (including phenoxy) is 1. The molecule has 6 heteroatoms. The van der Waals surface area contributed by atoms with E-state index in [0.29, 0.717) is 19.3 Å². The third-order valence-electron chi connectivity index (χ3n) is 11.7. The number of aliphatic hydroxyl groups excluding tert-OH is 2. The summed E-state index contributed by atoms with van der Waals surface area (Å²) in [5.74, 6) is -0.551. The van der Waals surface area contributed by atoms with Gasteiger partial charge in [0.2, 0.25) is 5.91 Å². The number of hydrogen-bond donors (Lipinski definition) is 3. The number of carbonyl (C=O) groups excluding carboxylic acids is 2. The van der Waals surface area contributed by atoms with Crippen LogP contribution in [0.2, 0.25) is 0 Å². The predicted octanol–water partition coefficient (Wildman–Crippen LogP) is 16.3. The zero-order valence-electron chi connectivity index (χ0n) is 41.9. The second-order valence-corrected chi connectivity index (χ2v) is 17.9. The van der Waals surface area contributed by atoms with Gasteiger partial charge in [0.1, 0.15) is 6.10 Å². The average molecular weight is 892 g/mol. The van der Waals surface area contributed by atoms with Gasteiger partial charge < -0.3 is 20.3 Å². The second kappa shape index (κ2) is 51.0. The van der Waals surface area contributed by atoms with Gasteiger partial charge in [-0.15, -0.1) is 0 Å². The van der Waals surface area contributed by atoms with E-state index in [1.54, 1.807) is 0 Å². The van der Waals surface area contributed by atoms with Crippen LogP contribution in [-0.2, 0) is 14.3 Å². The number of allylic oxidation sites excluding steroid dienone is 14. The lowest BCUT2D eigenvalue weighted by molar-refractivity contribution is -0.151. The van der Waals surface area contributed by atoms with E-state index >= 15 is 0 Å². The van der Waals surface area contributed by atoms with E-state index in [1.165, 1.54) is 103 Å². The molecule has 0 aromatic heterocycles. The second-order valence-electron chi connectivity index (χ2n) is 17.9. The maximum Gasteiger partial charge on any atom is 0.306 e. The lowest BCUT2D eigenvalue weighted by Gasteiger charge is -2.24. The van der Waals surface area contributed by atoms with Crippen LogP contribution in [0.25, 0.3) is 0 Å². The zero-order chi connectivity index (χ0) is 46.7. The van der Waals surface area contributed by atoms with E-state index in [1.807, 2.05) is 0 Å². The molecule has 0 saturated heterocycles. The van der Waals surface area contributed by atoms with Gasteiger partial charge in [-0.1, -0.05) is 209 Å². The Labute approximate surface area is 395 Å². The lowest BCUT2D eigenvalue weighted by Crippen LogP contribution is -2.46. The smallest absolute Gasteiger partial charge is 0.306 e. The summed E-state index contributed by atoms with van der Waals surface area (Å²) in [6, 6.07) is -0.724. The summed E-state index contributed by atoms with van der Waals surface area (Å²) in [6.45, 7) is 6.40. The molecule has 3 atom stereocenters. The van der Waals surface area contributed by atoms with Gasteiger partial charge in [-0.2, -0.15) is 0 Å². The quantitative estimate of drug-likeness (QED) is 0.0321. The van der Waals surface area contributed by atoms with Gasteiger partial charge in [-0.3, -0.25) is 9.59 Å². The molecule has 0 bridgehead atoms. The van der Waals surface area contributed by atoms with Gasteiger partial charge in [0.25, 0.3) is 0 Å². The van der Waals surface area contributed by atoms with Crippen molar-refractivity contribution in [1.82, 2.24) is 5.32 Å². The minimum atomic E-state index is -0.807. The highest BCUT2D eigenvalue weighted by atomic mass is 16.5. The van der Waals surface area contributed by atoms with Gasteiger partial charge in [-0.25, -0.2) is 0 Å². The monoisotopic (exact) mass is 892 g/mol. The molecule has 0 aliphatic rings. The van der Waals surface area contributed by atoms with Crippen LogP contribution in [0.3, 0.4) is 0 Å². The minimum Gasteiger partial charge on any atom is -0.462 e. The molecule has 0 fully saturated rings. The Hall–Kier alpha value is -2.96. The molecule has 3 N–H and O–H groups in total. The fourth-order valence-corrected chi connectivity index (χ4v) is 7.60. The Morgan fingerprint density at radius 2 is 0.797 bits per heavy atom. The number of amides is 1. The topological polar surface area (TPSA) is 95.9 Å². The molecule has 1 amide bonds. The standard InChI is InChI=1S/C58H101NO5/c1-4-7-10-13-16-19-22-24-26-27-28-29-31-33-36-39-42-45-48-51-58(63)64-54(49-46-43-40-37-35-32-30-25-23-20-17-14-11-8-5-2)52-57(62)59-55(53-60)56(61)50-47-44-41-38-34-21-18-15-12-9-6-3/h16-17,19-20,24-26,28-30,33,35-37,54-56,60-61H,4-15,18,21-23,27,31-32,34,38-53H2,1-3H3,(H,59,62)/b19-16-,20-17-,26-24-,29-28-,30-25-,36-33-,37-35-. The van der Waals surface area contributed by atoms with Crippen molar-refractivity contribution in [3.63, 3.8) is 0 Å². The van der Waals surface area contributed by atoms with E-state index in [9.17, 15) is 19.8 Å². The van der Waals surface area contributed by atoms with Crippen LogP contribution >= 0.6 is 0 Å². The lowest BCUT2D eigenvalue weighted by atomic mass is 10.0. The summed E-state index contributed by atoms with van der Waals surface area (Å²) >= 11 is 0. The summed E-state index contributed by atoms with van der Waals surface area (Å²) in [5, 5.41) is 23.7. The first-order valence-electron chi connectivity index (χ1n) is 26.8. The molecule has 0 aromatic rings. The summed E-state index contributed by atoms with van der Waals surface area (Å²) in [7, 11) is 0. The number of rotatable bonds is 47. The van der Waals surface area contributed by atoms with E-state index in [0.717, 1.165) is 96.3 Å². The van der Waals surface area contributed by atoms with Crippen molar-refractivity contribution in [3.05, 3.63) is 85.1 Å². The van der Waals surface area contributed by atoms with Crippen molar-refractivity contribution in [2.75, 3.05) is 6.61 Å². The van der Waals surface area contributed by atoms with Crippen LogP contribution in [0, 0.1) is 0 Å². The number of esters is 1. The normalized spacial score (nSPS) is 13.9. The minimum absolute atomic E-state index is 0.0349. The highest BCUT2D eigenvalue weighted by molar-refractivity contribution is 5.77. The van der Waals surface area contributed by atoms with Crippen molar-refractivity contribution in [2.24, 2.45) is 0 Å². The number of aliphatic hydroxyl groups is 2. The maximum atomic E-state index is 13.2. The first-order valence-corrected chi connectivity index (χ1v) is 26.8. The molecule has 6 nitrogen and oxygen atoms in total. The van der Waals surface area contributed by atoms with Crippen LogP contribution in [-0.4, -0.2) is 46.9 Å². The molecule has 0 rings (SSSR count). The molecular weight excluding hydrogens is 791 g/mol. The number of hydrogen-bond acceptors (Lipinski definition) is 5. The van der Waals surface area contributed by atoms with Gasteiger partial charge in [0, 0.05) is 6.42 Å². The van der Waals surface area contributed by atoms with Crippen LogP contribution in [0.15, 0.2) is 85.1 Å². The highest BCUT2D eigenvalue weighted by Gasteiger charge is 2.24. The molecule has 0 spiro atoms. The highest BCUT2D eigenvalue weighted by Crippen LogP contribution is 2.17. The Bertz CT molecular complexity index is 1230. The average Bonchev–Trinajstić information content (AvgIpc) is 3.29. The molecule has 64 heavy (non-hydrogen) atoms. The molecule has 0 aliphatic carbocycles. The van der Waals surface area contributed by atoms with Crippen LogP contribution in [0.4, 0.5) is 0 Å². The van der Waals surface area contributed by atoms with Gasteiger partial charge >= 0.3 is 5.97 Å². The van der Waals surface area contributed by atoms with Crippen molar-refractivity contribution in [1.29, 1.82) is 0 Å². The Kier molecular flexibility index (Phi) is 48.7. The Morgan fingerprint density at radius 1 is 0.453 bits per heavy atom. The van der Waals surface area contributed by atoms with Crippen molar-refractivity contribution in [2.45, 2.75) is 264 Å². The van der Waals surface area contributed by atoms with Gasteiger partial charge in [0.05, 0.1) is 25.2 Å². The van der Waals surface area contributed by atoms with Crippen LogP contribution in [0.1, 0.15) is 245 Å². The van der Waals surface area contributed by atoms with E-state index in [4.69, 9.17) is 4.74 Å². The summed E-state index contributed by atoms with van der Waals surface area (Å²) < 4.78 is 5.91. The molecular formula is C58H101NO5. The summed E-state index contributed by atoms with van der Waals surface area (Å²) in [6.07, 6.45) is 66.4. The zero-order valence-corrected chi connectivity index (χ0v) is 41.9. The molecule has 0 radical (unpaired) electrons. The molecule has 0 aliphatic heterocycles. The number of unbranched alkanes of at least 4 members (excludes halogenated alkanes) is 21. The molecule has 3 unspecified atom stereocenters. The SMILES string of the molecule is CCCCC/C=C\C/C=C\C/C=C\C/C=C\CCCCCC(=O)OC(CCCC/C=C\C/C=C\C/C=C\CCCCC)CC(=O)NC(CO)C(O)CCCCCCCCCCCCC. The fraction of sp³-hybridized carbons (Fsp3) is 0.724. The number of nitrogens with one attached hydrogen (secondary N) is 1. The molecule has 0 heterocycles. The third kappa shape index (κ3) is 45.6. The van der Waals surface area contributed by atoms with Crippen LogP contribution in [0.5, 0.6) is 0 Å². The first kappa shape index (κ1) is 61.0. The Balaban J connectivity index is 4.71. The summed E-state index contributed by atoms with van der Waals surface area (Å²) in [5.41, 5.74) is 0. The van der Waals surface area contributed by atoms with Crippen molar-refractivity contribution < 1.29 is 24.5 Å². The maximum absolute atomic E-state index is 13.2. The molecule has 368 valence electrons. The fourth-order valence-electron chi connectivity index (χ4n) is 7.60. The molecule has 0 saturated carbocycles. The van der Waals surface area contributed by atoms with E-state index < -0.39 is 18.2 Å². The predicted molar refractivity (Wildman–Crippen MR) is 278 cm³/mol. The van der Waals surface area contributed by atoms with E-state index in [-0.39, 0.29) is 24.9 Å². The van der Waals surface area contributed by atoms with Crippen molar-refractivity contribution in [3.8, 4) is 0 Å². The van der Waals surface area contributed by atoms with Crippen molar-refractivity contribution >= 4 is 11.9 Å². The van der Waals surface area contributed by atoms with Crippen LogP contribution < -0.4 is 5.32 Å². The van der Waals surface area contributed by atoms with Gasteiger partial charge in [-0.05, 0) is 109 Å². The Morgan fingerprint density at radius 3 is 1.23 bits per heavy atom. The molecule has 0 aromatic carbocycles.